The van der Waals surface area contributed by atoms with Crippen molar-refractivity contribution in [3.05, 3.63) is 0 Å². The average Bonchev–Trinajstić information content (AvgIpc) is 1.79. The summed E-state index contributed by atoms with van der Waals surface area (Å²) < 4.78 is 0. The van der Waals surface area contributed by atoms with Crippen LogP contribution >= 0.6 is 12.4 Å². The highest BCUT2D eigenvalue weighted by molar-refractivity contribution is 5.85. The minimum Gasteiger partial charge on any atom is -0.328 e. The smallest absolute Gasteiger partial charge is 0.00388 e. The molecule has 1 saturated carbocycles. The van der Waals surface area contributed by atoms with Gasteiger partial charge in [-0.05, 0) is 12.8 Å². The molecule has 0 aromatic rings. The molecule has 10 heavy (non-hydrogen) atoms. The maximum absolute atomic E-state index is 5.80. The molecular weight excluding hydrogens is 146 g/mol. The summed E-state index contributed by atoms with van der Waals surface area (Å²) >= 11 is 0. The molecule has 0 atom stereocenters. The third kappa shape index (κ3) is 4.13. The van der Waals surface area contributed by atoms with Crippen molar-refractivity contribution in [2.75, 3.05) is 0 Å². The summed E-state index contributed by atoms with van der Waals surface area (Å²) in [5.74, 6) is 0. The molecule has 0 aromatic carbocycles. The van der Waals surface area contributed by atoms with Gasteiger partial charge in [-0.3, -0.25) is 0 Å². The van der Waals surface area contributed by atoms with Gasteiger partial charge in [0, 0.05) is 6.04 Å². The van der Waals surface area contributed by atoms with E-state index in [2.05, 4.69) is 0 Å². The Morgan fingerprint density at radius 1 is 0.800 bits per heavy atom. The van der Waals surface area contributed by atoms with E-state index in [9.17, 15) is 0 Å². The van der Waals surface area contributed by atoms with Crippen LogP contribution in [0, 0.1) is 0 Å². The molecule has 0 saturated heterocycles. The first-order valence-corrected chi connectivity index (χ1v) is 4.15. The second-order valence-corrected chi connectivity index (χ2v) is 3.11. The number of halogens is 1. The van der Waals surface area contributed by atoms with Gasteiger partial charge in [-0.25, -0.2) is 0 Å². The monoisotopic (exact) mass is 163 g/mol. The van der Waals surface area contributed by atoms with Crippen LogP contribution in [0.1, 0.15) is 44.9 Å². The normalized spacial score (nSPS) is 22.5. The number of hydrogen-bond acceptors (Lipinski definition) is 1. The van der Waals surface area contributed by atoms with Crippen molar-refractivity contribution >= 4 is 12.4 Å². The van der Waals surface area contributed by atoms with Gasteiger partial charge < -0.3 is 5.73 Å². The van der Waals surface area contributed by atoms with Gasteiger partial charge in [0.15, 0.2) is 0 Å². The third-order valence-electron chi connectivity index (χ3n) is 2.15. The zero-order valence-corrected chi connectivity index (χ0v) is 7.33. The number of hydrogen-bond donors (Lipinski definition) is 1. The van der Waals surface area contributed by atoms with Gasteiger partial charge in [0.25, 0.3) is 0 Å². The Labute approximate surface area is 69.8 Å². The highest BCUT2D eigenvalue weighted by atomic mass is 35.5. The van der Waals surface area contributed by atoms with Gasteiger partial charge in [-0.15, -0.1) is 12.4 Å². The molecule has 0 radical (unpaired) electrons. The van der Waals surface area contributed by atoms with E-state index in [0.717, 1.165) is 0 Å². The number of rotatable bonds is 0. The second-order valence-electron chi connectivity index (χ2n) is 3.11. The minimum atomic E-state index is 0. The minimum absolute atomic E-state index is 0. The zero-order chi connectivity index (χ0) is 6.53. The van der Waals surface area contributed by atoms with E-state index in [-0.39, 0.29) is 12.4 Å². The van der Waals surface area contributed by atoms with Gasteiger partial charge in [-0.2, -0.15) is 0 Å². The SMILES string of the molecule is Cl.NC1CCCCCCC1. The third-order valence-corrected chi connectivity index (χ3v) is 2.15. The fraction of sp³-hybridized carbons (Fsp3) is 1.00. The van der Waals surface area contributed by atoms with Gasteiger partial charge in [-0.1, -0.05) is 32.1 Å². The van der Waals surface area contributed by atoms with Crippen molar-refractivity contribution in [2.45, 2.75) is 51.0 Å². The van der Waals surface area contributed by atoms with Crippen molar-refractivity contribution in [3.8, 4) is 0 Å². The second kappa shape index (κ2) is 5.99. The first kappa shape index (κ1) is 10.2. The van der Waals surface area contributed by atoms with Crippen molar-refractivity contribution < 1.29 is 0 Å². The topological polar surface area (TPSA) is 26.0 Å². The molecule has 0 heterocycles. The van der Waals surface area contributed by atoms with Crippen molar-refractivity contribution in [1.29, 1.82) is 0 Å². The molecule has 0 aliphatic heterocycles. The summed E-state index contributed by atoms with van der Waals surface area (Å²) in [6.45, 7) is 0. The van der Waals surface area contributed by atoms with Crippen LogP contribution in [0.2, 0.25) is 0 Å². The number of nitrogens with two attached hydrogens (primary N) is 1. The largest absolute Gasteiger partial charge is 0.328 e. The van der Waals surface area contributed by atoms with Gasteiger partial charge in [0.1, 0.15) is 0 Å². The molecule has 1 rings (SSSR count). The van der Waals surface area contributed by atoms with Crippen LogP contribution in [0.4, 0.5) is 0 Å². The van der Waals surface area contributed by atoms with Crippen LogP contribution in [0.3, 0.4) is 0 Å². The lowest BCUT2D eigenvalue weighted by atomic mass is 9.98. The lowest BCUT2D eigenvalue weighted by Gasteiger charge is -2.13. The Morgan fingerprint density at radius 3 is 1.70 bits per heavy atom. The Morgan fingerprint density at radius 2 is 1.20 bits per heavy atom. The summed E-state index contributed by atoms with van der Waals surface area (Å²) in [7, 11) is 0. The van der Waals surface area contributed by atoms with Crippen molar-refractivity contribution in [3.63, 3.8) is 0 Å². The van der Waals surface area contributed by atoms with Gasteiger partial charge >= 0.3 is 0 Å². The highest BCUT2D eigenvalue weighted by Gasteiger charge is 2.04. The molecule has 0 bridgehead atoms. The quantitative estimate of drug-likeness (QED) is 0.584. The van der Waals surface area contributed by atoms with E-state index in [1.807, 2.05) is 0 Å². The molecular formula is C8H18ClN. The Kier molecular flexibility index (Phi) is 6.14. The van der Waals surface area contributed by atoms with Crippen LogP contribution in [0.15, 0.2) is 0 Å². The van der Waals surface area contributed by atoms with E-state index in [4.69, 9.17) is 5.73 Å². The predicted molar refractivity (Wildman–Crippen MR) is 47.5 cm³/mol. The van der Waals surface area contributed by atoms with Crippen LogP contribution in [-0.4, -0.2) is 6.04 Å². The summed E-state index contributed by atoms with van der Waals surface area (Å²) in [5.41, 5.74) is 5.80. The zero-order valence-electron chi connectivity index (χ0n) is 6.51. The van der Waals surface area contributed by atoms with E-state index in [1.165, 1.54) is 44.9 Å². The molecule has 0 aromatic heterocycles. The Bertz CT molecular complexity index is 67.7. The molecule has 0 amide bonds. The molecule has 1 aliphatic carbocycles. The molecule has 0 unspecified atom stereocenters. The average molecular weight is 164 g/mol. The van der Waals surface area contributed by atoms with E-state index >= 15 is 0 Å². The molecule has 1 nitrogen and oxygen atoms in total. The molecule has 1 aliphatic rings. The van der Waals surface area contributed by atoms with E-state index in [1.54, 1.807) is 0 Å². The lowest BCUT2D eigenvalue weighted by Crippen LogP contribution is -2.20. The molecule has 2 heteroatoms. The van der Waals surface area contributed by atoms with Crippen LogP contribution < -0.4 is 5.73 Å². The Balaban J connectivity index is 0.000000810. The van der Waals surface area contributed by atoms with Crippen LogP contribution in [0.25, 0.3) is 0 Å². The van der Waals surface area contributed by atoms with Crippen molar-refractivity contribution in [1.82, 2.24) is 0 Å². The summed E-state index contributed by atoms with van der Waals surface area (Å²) in [4.78, 5) is 0. The van der Waals surface area contributed by atoms with Crippen LogP contribution in [0.5, 0.6) is 0 Å². The standard InChI is InChI=1S/C8H17N.ClH/c9-8-6-4-2-1-3-5-7-8;/h8H,1-7,9H2;1H. The summed E-state index contributed by atoms with van der Waals surface area (Å²) in [6, 6.07) is 0.519. The fourth-order valence-corrected chi connectivity index (χ4v) is 1.49. The molecule has 2 N–H and O–H groups in total. The highest BCUT2D eigenvalue weighted by Crippen LogP contribution is 2.15. The van der Waals surface area contributed by atoms with E-state index < -0.39 is 0 Å². The first-order chi connectivity index (χ1) is 4.39. The van der Waals surface area contributed by atoms with Gasteiger partial charge in [0.2, 0.25) is 0 Å². The maximum atomic E-state index is 5.80. The van der Waals surface area contributed by atoms with E-state index in [0.29, 0.717) is 6.04 Å². The fourth-order valence-electron chi connectivity index (χ4n) is 1.49. The molecule has 0 spiro atoms. The molecule has 62 valence electrons. The molecule has 1 fully saturated rings. The summed E-state index contributed by atoms with van der Waals surface area (Å²) in [6.07, 6.45) is 9.51. The van der Waals surface area contributed by atoms with Gasteiger partial charge in [0.05, 0.1) is 0 Å². The predicted octanol–water partition coefficient (Wildman–Crippen LogP) is 2.48. The van der Waals surface area contributed by atoms with Crippen LogP contribution in [-0.2, 0) is 0 Å². The Hall–Kier alpha value is 0.250. The lowest BCUT2D eigenvalue weighted by molar-refractivity contribution is 0.453. The van der Waals surface area contributed by atoms with Crippen molar-refractivity contribution in [2.24, 2.45) is 5.73 Å². The first-order valence-electron chi connectivity index (χ1n) is 4.15. The summed E-state index contributed by atoms with van der Waals surface area (Å²) in [5, 5.41) is 0. The maximum Gasteiger partial charge on any atom is 0.00388 e.